The maximum absolute atomic E-state index is 12.6. The largest absolute Gasteiger partial charge is 0.343 e. The number of hydrogen-bond donors (Lipinski definition) is 0. The first-order valence-electron chi connectivity index (χ1n) is 11.3. The van der Waals surface area contributed by atoms with Gasteiger partial charge in [0.2, 0.25) is 17.6 Å². The fraction of sp³-hybridized carbons (Fsp3) is 0.385. The van der Waals surface area contributed by atoms with Crippen LogP contribution >= 0.6 is 0 Å². The molecule has 6 heteroatoms. The van der Waals surface area contributed by atoms with E-state index in [1.54, 1.807) is 0 Å². The third kappa shape index (κ3) is 5.13. The molecule has 2 heterocycles. The number of nitrogens with zero attached hydrogens (tertiary/aromatic N) is 3. The first-order valence-corrected chi connectivity index (χ1v) is 11.3. The van der Waals surface area contributed by atoms with E-state index in [0.717, 1.165) is 11.1 Å². The molecule has 1 aliphatic heterocycles. The van der Waals surface area contributed by atoms with Crippen LogP contribution in [0.4, 0.5) is 0 Å². The lowest BCUT2D eigenvalue weighted by Gasteiger charge is -2.31. The lowest BCUT2D eigenvalue weighted by Crippen LogP contribution is -2.40. The van der Waals surface area contributed by atoms with Crippen molar-refractivity contribution in [2.45, 2.75) is 45.4 Å². The molecule has 32 heavy (non-hydrogen) atoms. The van der Waals surface area contributed by atoms with Crippen LogP contribution in [0.1, 0.15) is 60.8 Å². The van der Waals surface area contributed by atoms with E-state index >= 15 is 0 Å². The van der Waals surface area contributed by atoms with E-state index in [9.17, 15) is 9.59 Å². The van der Waals surface area contributed by atoms with Gasteiger partial charge in [0.15, 0.2) is 5.78 Å². The van der Waals surface area contributed by atoms with E-state index in [2.05, 4.69) is 36.1 Å². The Morgan fingerprint density at radius 3 is 2.38 bits per heavy atom. The highest BCUT2D eigenvalue weighted by molar-refractivity contribution is 5.98. The molecule has 6 nitrogen and oxygen atoms in total. The van der Waals surface area contributed by atoms with Crippen LogP contribution in [0.5, 0.6) is 0 Å². The van der Waals surface area contributed by atoms with Crippen LogP contribution in [-0.4, -0.2) is 39.8 Å². The highest BCUT2D eigenvalue weighted by Gasteiger charge is 2.28. The quantitative estimate of drug-likeness (QED) is 0.497. The molecule has 0 spiro atoms. The van der Waals surface area contributed by atoms with Gasteiger partial charge in [0.25, 0.3) is 0 Å². The average molecular weight is 432 g/mol. The van der Waals surface area contributed by atoms with Gasteiger partial charge in [0, 0.05) is 43.0 Å². The maximum atomic E-state index is 12.6. The number of aromatic nitrogens is 2. The Hall–Kier alpha value is -3.28. The second kappa shape index (κ2) is 9.90. The normalized spacial score (nSPS) is 14.7. The van der Waals surface area contributed by atoms with E-state index in [4.69, 9.17) is 4.52 Å². The van der Waals surface area contributed by atoms with Crippen LogP contribution in [0, 0.1) is 5.92 Å². The number of amides is 1. The van der Waals surface area contributed by atoms with Crippen LogP contribution in [0.2, 0.25) is 0 Å². The molecule has 4 rings (SSSR count). The molecule has 0 bridgehead atoms. The molecule has 1 amide bonds. The van der Waals surface area contributed by atoms with E-state index in [1.807, 2.05) is 47.4 Å². The van der Waals surface area contributed by atoms with Gasteiger partial charge in [-0.05, 0) is 24.3 Å². The minimum Gasteiger partial charge on any atom is -0.343 e. The lowest BCUT2D eigenvalue weighted by molar-refractivity contribution is -0.132. The standard InChI is InChI=1S/C26H29N3O3/c1-18(2)19-8-10-22(11-9-19)26-27-23(32-28-26)12-13-24(30)29-16-14-21(15-17-29)25(31)20-6-4-3-5-7-20/h3-11,18,21H,12-17H2,1-2H3. The Labute approximate surface area is 188 Å². The van der Waals surface area contributed by atoms with Gasteiger partial charge in [-0.3, -0.25) is 9.59 Å². The van der Waals surface area contributed by atoms with Gasteiger partial charge >= 0.3 is 0 Å². The molecule has 0 radical (unpaired) electrons. The maximum Gasteiger partial charge on any atom is 0.227 e. The molecule has 3 aromatic rings. The summed E-state index contributed by atoms with van der Waals surface area (Å²) in [4.78, 5) is 31.6. The second-order valence-corrected chi connectivity index (χ2v) is 8.67. The molecule has 0 N–H and O–H groups in total. The van der Waals surface area contributed by atoms with Crippen molar-refractivity contribution in [2.75, 3.05) is 13.1 Å². The molecule has 166 valence electrons. The summed E-state index contributed by atoms with van der Waals surface area (Å²) >= 11 is 0. The summed E-state index contributed by atoms with van der Waals surface area (Å²) in [6, 6.07) is 17.5. The Morgan fingerprint density at radius 1 is 1.03 bits per heavy atom. The van der Waals surface area contributed by atoms with E-state index in [-0.39, 0.29) is 17.6 Å². The van der Waals surface area contributed by atoms with Crippen molar-refractivity contribution in [2.24, 2.45) is 5.92 Å². The van der Waals surface area contributed by atoms with E-state index in [0.29, 0.717) is 56.4 Å². The number of benzene rings is 2. The monoisotopic (exact) mass is 431 g/mol. The smallest absolute Gasteiger partial charge is 0.227 e. The van der Waals surface area contributed by atoms with E-state index in [1.165, 1.54) is 5.56 Å². The molecule has 1 saturated heterocycles. The third-order valence-electron chi connectivity index (χ3n) is 6.13. The predicted molar refractivity (Wildman–Crippen MR) is 122 cm³/mol. The van der Waals surface area contributed by atoms with Gasteiger partial charge in [0.05, 0.1) is 0 Å². The SMILES string of the molecule is CC(C)c1ccc(-c2noc(CCC(=O)N3CCC(C(=O)c4ccccc4)CC3)n2)cc1. The Balaban J connectivity index is 1.26. The van der Waals surface area contributed by atoms with Gasteiger partial charge in [-0.25, -0.2) is 0 Å². The summed E-state index contributed by atoms with van der Waals surface area (Å²) in [7, 11) is 0. The predicted octanol–water partition coefficient (Wildman–Crippen LogP) is 4.91. The summed E-state index contributed by atoms with van der Waals surface area (Å²) in [6.07, 6.45) is 2.15. The summed E-state index contributed by atoms with van der Waals surface area (Å²) in [5, 5.41) is 4.06. The van der Waals surface area contributed by atoms with Crippen molar-refractivity contribution in [1.29, 1.82) is 0 Å². The van der Waals surface area contributed by atoms with Crippen molar-refractivity contribution in [3.63, 3.8) is 0 Å². The number of Topliss-reactive ketones (excluding diaryl/α,β-unsaturated/α-hetero) is 1. The van der Waals surface area contributed by atoms with Gasteiger partial charge < -0.3 is 9.42 Å². The van der Waals surface area contributed by atoms with Crippen LogP contribution < -0.4 is 0 Å². The number of carbonyl (C=O) groups is 2. The summed E-state index contributed by atoms with van der Waals surface area (Å²) in [5.74, 6) is 1.71. The molecule has 0 unspecified atom stereocenters. The molecule has 1 aromatic heterocycles. The Bertz CT molecular complexity index is 1050. The van der Waals surface area contributed by atoms with Crippen molar-refractivity contribution >= 4 is 11.7 Å². The van der Waals surface area contributed by atoms with Crippen LogP contribution in [0.3, 0.4) is 0 Å². The van der Waals surface area contributed by atoms with E-state index < -0.39 is 0 Å². The Morgan fingerprint density at radius 2 is 1.72 bits per heavy atom. The fourth-order valence-corrected chi connectivity index (χ4v) is 4.09. The Kier molecular flexibility index (Phi) is 6.78. The summed E-state index contributed by atoms with van der Waals surface area (Å²) < 4.78 is 5.36. The molecule has 0 saturated carbocycles. The molecule has 2 aromatic carbocycles. The third-order valence-corrected chi connectivity index (χ3v) is 6.13. The molecule has 0 atom stereocenters. The highest BCUT2D eigenvalue weighted by atomic mass is 16.5. The molecular formula is C26H29N3O3. The minimum absolute atomic E-state index is 0.0120. The number of hydrogen-bond acceptors (Lipinski definition) is 5. The first kappa shape index (κ1) is 21.9. The van der Waals surface area contributed by atoms with Gasteiger partial charge in [-0.15, -0.1) is 0 Å². The zero-order chi connectivity index (χ0) is 22.5. The molecule has 1 aliphatic rings. The summed E-state index contributed by atoms with van der Waals surface area (Å²) in [5.41, 5.74) is 2.92. The summed E-state index contributed by atoms with van der Waals surface area (Å²) in [6.45, 7) is 5.53. The van der Waals surface area contributed by atoms with Crippen LogP contribution in [0.15, 0.2) is 59.1 Å². The van der Waals surface area contributed by atoms with Crippen LogP contribution in [-0.2, 0) is 11.2 Å². The van der Waals surface area contributed by atoms with Crippen molar-refractivity contribution in [1.82, 2.24) is 15.0 Å². The highest BCUT2D eigenvalue weighted by Crippen LogP contribution is 2.23. The molecule has 0 aliphatic carbocycles. The van der Waals surface area contributed by atoms with Gasteiger partial charge in [0.1, 0.15) is 0 Å². The van der Waals surface area contributed by atoms with Gasteiger partial charge in [-0.2, -0.15) is 4.98 Å². The van der Waals surface area contributed by atoms with Crippen molar-refractivity contribution in [3.05, 3.63) is 71.6 Å². The van der Waals surface area contributed by atoms with Crippen molar-refractivity contribution < 1.29 is 14.1 Å². The minimum atomic E-state index is -0.0120. The number of rotatable bonds is 7. The number of ketones is 1. The van der Waals surface area contributed by atoms with Crippen molar-refractivity contribution in [3.8, 4) is 11.4 Å². The lowest BCUT2D eigenvalue weighted by atomic mass is 9.89. The van der Waals surface area contributed by atoms with Crippen LogP contribution in [0.25, 0.3) is 11.4 Å². The molecular weight excluding hydrogens is 402 g/mol. The number of aryl methyl sites for hydroxylation is 1. The zero-order valence-corrected chi connectivity index (χ0v) is 18.7. The zero-order valence-electron chi connectivity index (χ0n) is 18.7. The number of piperidine rings is 1. The fourth-order valence-electron chi connectivity index (χ4n) is 4.09. The number of carbonyl (C=O) groups excluding carboxylic acids is 2. The second-order valence-electron chi connectivity index (χ2n) is 8.67. The molecule has 1 fully saturated rings. The topological polar surface area (TPSA) is 76.3 Å². The average Bonchev–Trinajstić information content (AvgIpc) is 3.32. The number of likely N-dealkylation sites (tertiary alicyclic amines) is 1. The first-order chi connectivity index (χ1) is 15.5. The van der Waals surface area contributed by atoms with Gasteiger partial charge in [-0.1, -0.05) is 73.6 Å².